The average Bonchev–Trinajstić information content (AvgIpc) is 3.08. The molecule has 1 aromatic rings. The number of aliphatic hydroxyl groups excluding tert-OH is 1. The highest BCUT2D eigenvalue weighted by molar-refractivity contribution is 5.45. The number of hydrogen-bond acceptors (Lipinski definition) is 5. The van der Waals surface area contributed by atoms with Gasteiger partial charge in [0.1, 0.15) is 0 Å². The zero-order valence-electron chi connectivity index (χ0n) is 10.8. The minimum atomic E-state index is -0.615. The summed E-state index contributed by atoms with van der Waals surface area (Å²) in [6, 6.07) is 5.47. The summed E-state index contributed by atoms with van der Waals surface area (Å²) in [6.45, 7) is 0.619. The summed E-state index contributed by atoms with van der Waals surface area (Å²) in [4.78, 5) is 5.52. The van der Waals surface area contributed by atoms with E-state index in [1.807, 2.05) is 18.2 Å². The molecule has 1 aliphatic heterocycles. The Balaban J connectivity index is 1.50. The molecular weight excluding hydrogens is 246 g/mol. The lowest BCUT2D eigenvalue weighted by Crippen LogP contribution is -2.26. The Kier molecular flexibility index (Phi) is 3.87. The summed E-state index contributed by atoms with van der Waals surface area (Å²) >= 11 is 0. The average molecular weight is 265 g/mol. The maximum Gasteiger partial charge on any atom is 0.231 e. The van der Waals surface area contributed by atoms with E-state index in [2.05, 4.69) is 5.48 Å². The summed E-state index contributed by atoms with van der Waals surface area (Å²) in [5.41, 5.74) is 3.67. The fraction of sp³-hybridized carbons (Fsp3) is 0.571. The van der Waals surface area contributed by atoms with Gasteiger partial charge in [-0.1, -0.05) is 18.9 Å². The quantitative estimate of drug-likeness (QED) is 0.796. The second-order valence-corrected chi connectivity index (χ2v) is 5.00. The number of ether oxygens (including phenoxy) is 2. The van der Waals surface area contributed by atoms with Gasteiger partial charge in [0.05, 0.1) is 18.8 Å². The first-order valence-corrected chi connectivity index (χ1v) is 6.79. The van der Waals surface area contributed by atoms with Crippen LogP contribution in [0.15, 0.2) is 18.2 Å². The van der Waals surface area contributed by atoms with Gasteiger partial charge < -0.3 is 14.6 Å². The summed E-state index contributed by atoms with van der Waals surface area (Å²) in [5, 5.41) is 10.1. The number of hydrogen-bond donors (Lipinski definition) is 2. The first-order valence-electron chi connectivity index (χ1n) is 6.79. The topological polar surface area (TPSA) is 60.0 Å². The molecule has 0 radical (unpaired) electrons. The van der Waals surface area contributed by atoms with Gasteiger partial charge in [0.25, 0.3) is 0 Å². The second-order valence-electron chi connectivity index (χ2n) is 5.00. The third kappa shape index (κ3) is 3.00. The van der Waals surface area contributed by atoms with Crippen LogP contribution >= 0.6 is 0 Å². The third-order valence-electron chi connectivity index (χ3n) is 3.61. The lowest BCUT2D eigenvalue weighted by molar-refractivity contribution is -0.0372. The maximum atomic E-state index is 10.1. The van der Waals surface area contributed by atoms with Gasteiger partial charge >= 0.3 is 0 Å². The molecule has 1 saturated carbocycles. The fourth-order valence-electron chi connectivity index (χ4n) is 2.49. The Bertz CT molecular complexity index is 431. The van der Waals surface area contributed by atoms with Crippen molar-refractivity contribution in [2.75, 3.05) is 13.3 Å². The highest BCUT2D eigenvalue weighted by Gasteiger charge is 2.18. The molecule has 0 amide bonds. The summed E-state index contributed by atoms with van der Waals surface area (Å²) in [7, 11) is 0. The highest BCUT2D eigenvalue weighted by Crippen LogP contribution is 2.34. The smallest absolute Gasteiger partial charge is 0.231 e. The van der Waals surface area contributed by atoms with Gasteiger partial charge in [-0.15, -0.1) is 0 Å². The fourth-order valence-corrected chi connectivity index (χ4v) is 2.49. The monoisotopic (exact) mass is 265 g/mol. The Morgan fingerprint density at radius 2 is 2.05 bits per heavy atom. The van der Waals surface area contributed by atoms with Crippen LogP contribution in [-0.2, 0) is 4.84 Å². The molecule has 1 aromatic carbocycles. The molecule has 1 atom stereocenters. The van der Waals surface area contributed by atoms with Crippen molar-refractivity contribution in [2.24, 2.45) is 0 Å². The Hall–Kier alpha value is -1.30. The van der Waals surface area contributed by atoms with Crippen molar-refractivity contribution in [2.45, 2.75) is 37.9 Å². The molecule has 1 unspecified atom stereocenters. The molecule has 1 heterocycles. The number of rotatable bonds is 5. The molecule has 2 aliphatic rings. The lowest BCUT2D eigenvalue weighted by atomic mass is 10.1. The summed E-state index contributed by atoms with van der Waals surface area (Å²) < 4.78 is 10.5. The number of hydroxylamine groups is 1. The van der Waals surface area contributed by atoms with Crippen molar-refractivity contribution in [1.82, 2.24) is 5.48 Å². The van der Waals surface area contributed by atoms with E-state index in [1.165, 1.54) is 12.8 Å². The Morgan fingerprint density at radius 1 is 1.26 bits per heavy atom. The van der Waals surface area contributed by atoms with E-state index in [4.69, 9.17) is 14.3 Å². The normalized spacial score (nSPS) is 19.8. The SMILES string of the molecule is OC(CNOC1CCCC1)c1ccc2c(c1)OCO2. The molecular formula is C14H19NO4. The molecule has 1 fully saturated rings. The van der Waals surface area contributed by atoms with Crippen LogP contribution in [0.3, 0.4) is 0 Å². The molecule has 2 N–H and O–H groups in total. The van der Waals surface area contributed by atoms with Crippen LogP contribution in [0.2, 0.25) is 0 Å². The zero-order valence-corrected chi connectivity index (χ0v) is 10.8. The third-order valence-corrected chi connectivity index (χ3v) is 3.61. The molecule has 1 aliphatic carbocycles. The van der Waals surface area contributed by atoms with E-state index in [9.17, 15) is 5.11 Å². The number of benzene rings is 1. The zero-order chi connectivity index (χ0) is 13.1. The van der Waals surface area contributed by atoms with Gasteiger partial charge in [0.15, 0.2) is 11.5 Å². The van der Waals surface area contributed by atoms with Crippen molar-refractivity contribution in [1.29, 1.82) is 0 Å². The molecule has 0 spiro atoms. The van der Waals surface area contributed by atoms with E-state index in [1.54, 1.807) is 0 Å². The van der Waals surface area contributed by atoms with Crippen molar-refractivity contribution in [3.63, 3.8) is 0 Å². The van der Waals surface area contributed by atoms with E-state index in [-0.39, 0.29) is 6.79 Å². The van der Waals surface area contributed by atoms with Gasteiger partial charge in [0.2, 0.25) is 6.79 Å². The molecule has 5 heteroatoms. The number of aliphatic hydroxyl groups is 1. The second kappa shape index (κ2) is 5.77. The van der Waals surface area contributed by atoms with Crippen LogP contribution in [0.25, 0.3) is 0 Å². The van der Waals surface area contributed by atoms with E-state index in [0.29, 0.717) is 18.4 Å². The van der Waals surface area contributed by atoms with Gasteiger partial charge in [-0.05, 0) is 30.5 Å². The first-order chi connectivity index (χ1) is 9.33. The Morgan fingerprint density at radius 3 is 2.89 bits per heavy atom. The molecule has 5 nitrogen and oxygen atoms in total. The maximum absolute atomic E-state index is 10.1. The predicted octanol–water partition coefficient (Wildman–Crippen LogP) is 1.91. The summed E-state index contributed by atoms with van der Waals surface area (Å²) in [5.74, 6) is 1.42. The first kappa shape index (κ1) is 12.7. The van der Waals surface area contributed by atoms with Gasteiger partial charge in [-0.25, -0.2) is 0 Å². The molecule has 0 aromatic heterocycles. The highest BCUT2D eigenvalue weighted by atomic mass is 16.7. The molecule has 19 heavy (non-hydrogen) atoms. The standard InChI is InChI=1S/C14H19NO4/c16-12(8-15-19-11-3-1-2-4-11)10-5-6-13-14(7-10)18-9-17-13/h5-7,11-12,15-16H,1-4,8-9H2. The van der Waals surface area contributed by atoms with E-state index in [0.717, 1.165) is 24.2 Å². The molecule has 0 saturated heterocycles. The van der Waals surface area contributed by atoms with Crippen molar-refractivity contribution in [3.8, 4) is 11.5 Å². The van der Waals surface area contributed by atoms with E-state index >= 15 is 0 Å². The van der Waals surface area contributed by atoms with Crippen LogP contribution in [0, 0.1) is 0 Å². The molecule has 3 rings (SSSR count). The van der Waals surface area contributed by atoms with Crippen LogP contribution in [0.4, 0.5) is 0 Å². The van der Waals surface area contributed by atoms with E-state index < -0.39 is 6.10 Å². The molecule has 104 valence electrons. The van der Waals surface area contributed by atoms with Crippen LogP contribution in [0.1, 0.15) is 37.4 Å². The van der Waals surface area contributed by atoms with Crippen LogP contribution in [-0.4, -0.2) is 24.5 Å². The lowest BCUT2D eigenvalue weighted by Gasteiger charge is -2.15. The minimum absolute atomic E-state index is 0.248. The number of fused-ring (bicyclic) bond motifs is 1. The van der Waals surface area contributed by atoms with Gasteiger partial charge in [-0.3, -0.25) is 4.84 Å². The largest absolute Gasteiger partial charge is 0.454 e. The number of nitrogens with one attached hydrogen (secondary N) is 1. The van der Waals surface area contributed by atoms with Crippen molar-refractivity contribution < 1.29 is 19.4 Å². The minimum Gasteiger partial charge on any atom is -0.454 e. The van der Waals surface area contributed by atoms with Crippen molar-refractivity contribution in [3.05, 3.63) is 23.8 Å². The Labute approximate surface area is 112 Å². The predicted molar refractivity (Wildman–Crippen MR) is 68.9 cm³/mol. The molecule has 0 bridgehead atoms. The van der Waals surface area contributed by atoms with Gasteiger partial charge in [0, 0.05) is 0 Å². The van der Waals surface area contributed by atoms with Crippen LogP contribution < -0.4 is 15.0 Å². The summed E-state index contributed by atoms with van der Waals surface area (Å²) in [6.07, 6.45) is 4.36. The van der Waals surface area contributed by atoms with Crippen LogP contribution in [0.5, 0.6) is 11.5 Å². The van der Waals surface area contributed by atoms with Gasteiger partial charge in [-0.2, -0.15) is 5.48 Å². The van der Waals surface area contributed by atoms with Crippen molar-refractivity contribution >= 4 is 0 Å².